The van der Waals surface area contributed by atoms with Crippen LogP contribution in [0.1, 0.15) is 16.7 Å². The normalized spacial score (nSPS) is 13.8. The maximum Gasteiger partial charge on any atom is 0.283 e. The molecule has 29 heavy (non-hydrogen) atoms. The molecule has 1 atom stereocenters. The van der Waals surface area contributed by atoms with E-state index < -0.39 is 26.4 Å². The molecule has 0 heterocycles. The van der Waals surface area contributed by atoms with Crippen LogP contribution in [-0.2, 0) is 14.9 Å². The van der Waals surface area contributed by atoms with E-state index in [1.54, 1.807) is 0 Å². The van der Waals surface area contributed by atoms with Gasteiger partial charge >= 0.3 is 0 Å². The lowest BCUT2D eigenvalue weighted by molar-refractivity contribution is 0.394. The van der Waals surface area contributed by atoms with Gasteiger partial charge in [-0.25, -0.2) is 0 Å². The first-order valence-electron chi connectivity index (χ1n) is 7.89. The predicted molar refractivity (Wildman–Crippen MR) is 114 cm³/mol. The minimum Gasteiger partial charge on any atom is -0.504 e. The van der Waals surface area contributed by atoms with E-state index >= 15 is 0 Å². The van der Waals surface area contributed by atoms with Crippen molar-refractivity contribution in [1.29, 1.82) is 0 Å². The first-order valence-corrected chi connectivity index (χ1v) is 10.8. The molecule has 0 aliphatic carbocycles. The molecule has 0 fully saturated rings. The Morgan fingerprint density at radius 2 is 1.34 bits per heavy atom. The van der Waals surface area contributed by atoms with Crippen LogP contribution in [0.5, 0.6) is 11.5 Å². The highest BCUT2D eigenvalue weighted by molar-refractivity contribution is 7.87. The number of phenolic OH excluding ortho intramolecular Hbond substituents is 2. The molecule has 152 valence electrons. The van der Waals surface area contributed by atoms with Crippen molar-refractivity contribution < 1.29 is 23.2 Å². The third kappa shape index (κ3) is 3.65. The van der Waals surface area contributed by atoms with Gasteiger partial charge in [-0.1, -0.05) is 70.7 Å². The molecule has 3 aromatic carbocycles. The fourth-order valence-corrected chi connectivity index (χ4v) is 5.48. The highest BCUT2D eigenvalue weighted by Crippen LogP contribution is 2.52. The van der Waals surface area contributed by atoms with Crippen LogP contribution in [0.4, 0.5) is 0 Å². The molecule has 0 aliphatic heterocycles. The van der Waals surface area contributed by atoms with E-state index in [0.29, 0.717) is 0 Å². The molecule has 0 aromatic heterocycles. The van der Waals surface area contributed by atoms with Crippen LogP contribution in [-0.4, -0.2) is 23.2 Å². The summed E-state index contributed by atoms with van der Waals surface area (Å²) in [6.07, 6.45) is 0. The Balaban J connectivity index is 2.61. The van der Waals surface area contributed by atoms with E-state index in [1.165, 1.54) is 48.5 Å². The van der Waals surface area contributed by atoms with Gasteiger partial charge in [-0.2, -0.15) is 8.42 Å². The van der Waals surface area contributed by atoms with E-state index in [9.17, 15) is 23.2 Å². The Bertz CT molecular complexity index is 1210. The third-order valence-corrected chi connectivity index (χ3v) is 6.95. The van der Waals surface area contributed by atoms with Gasteiger partial charge in [-0.15, -0.1) is 0 Å². The Morgan fingerprint density at radius 3 is 1.93 bits per heavy atom. The SMILES string of the molecule is O=S(=O)(O)C(c1cccc(Cl)c1)(c1ccc(Cl)cc1Cl)c1ccc(Cl)c(O)c1O. The van der Waals surface area contributed by atoms with Gasteiger partial charge in [0.2, 0.25) is 0 Å². The van der Waals surface area contributed by atoms with Crippen LogP contribution in [0, 0.1) is 0 Å². The Labute approximate surface area is 186 Å². The molecule has 10 heteroatoms. The number of aromatic hydroxyl groups is 2. The molecule has 3 rings (SSSR count). The third-order valence-electron chi connectivity index (χ3n) is 4.41. The monoisotopic (exact) mass is 492 g/mol. The van der Waals surface area contributed by atoms with Crippen molar-refractivity contribution in [3.63, 3.8) is 0 Å². The van der Waals surface area contributed by atoms with E-state index in [-0.39, 0.29) is 36.8 Å². The van der Waals surface area contributed by atoms with Crippen molar-refractivity contribution in [2.24, 2.45) is 0 Å². The predicted octanol–water partition coefficient (Wildman–Crippen LogP) is 5.89. The van der Waals surface area contributed by atoms with Crippen molar-refractivity contribution in [2.45, 2.75) is 4.75 Å². The van der Waals surface area contributed by atoms with Gasteiger partial charge in [0, 0.05) is 26.2 Å². The molecule has 0 spiro atoms. The summed E-state index contributed by atoms with van der Waals surface area (Å²) in [5.74, 6) is -1.61. The van der Waals surface area contributed by atoms with E-state index in [1.807, 2.05) is 0 Å². The first kappa shape index (κ1) is 22.0. The van der Waals surface area contributed by atoms with Crippen molar-refractivity contribution in [3.8, 4) is 11.5 Å². The average molecular weight is 494 g/mol. The zero-order valence-electron chi connectivity index (χ0n) is 14.3. The summed E-state index contributed by atoms with van der Waals surface area (Å²) in [4.78, 5) is 0. The lowest BCUT2D eigenvalue weighted by Gasteiger charge is -2.34. The summed E-state index contributed by atoms with van der Waals surface area (Å²) >= 11 is 24.2. The van der Waals surface area contributed by atoms with Crippen molar-refractivity contribution in [1.82, 2.24) is 0 Å². The van der Waals surface area contributed by atoms with E-state index in [4.69, 9.17) is 46.4 Å². The molecule has 0 aliphatic rings. The van der Waals surface area contributed by atoms with Crippen molar-refractivity contribution in [3.05, 3.63) is 91.4 Å². The molecule has 3 N–H and O–H groups in total. The second kappa shape index (κ2) is 7.87. The number of hydrogen-bond acceptors (Lipinski definition) is 4. The van der Waals surface area contributed by atoms with Crippen LogP contribution >= 0.6 is 46.4 Å². The van der Waals surface area contributed by atoms with Gasteiger partial charge in [0.05, 0.1) is 5.02 Å². The van der Waals surface area contributed by atoms with E-state index in [0.717, 1.165) is 6.07 Å². The Hall–Kier alpha value is -1.67. The second-order valence-corrected chi connectivity index (χ2v) is 9.33. The average Bonchev–Trinajstić information content (AvgIpc) is 2.62. The quantitative estimate of drug-likeness (QED) is 0.239. The molecule has 0 bridgehead atoms. The molecule has 0 amide bonds. The molecule has 0 radical (unpaired) electrons. The number of halogens is 4. The fourth-order valence-electron chi connectivity index (χ4n) is 3.20. The smallest absolute Gasteiger partial charge is 0.283 e. The maximum absolute atomic E-state index is 12.9. The lowest BCUT2D eigenvalue weighted by Crippen LogP contribution is -2.38. The molecule has 0 saturated heterocycles. The maximum atomic E-state index is 12.9. The van der Waals surface area contributed by atoms with Crippen LogP contribution < -0.4 is 0 Å². The second-order valence-electron chi connectivity index (χ2n) is 6.08. The first-order chi connectivity index (χ1) is 13.5. The van der Waals surface area contributed by atoms with Crippen LogP contribution in [0.15, 0.2) is 54.6 Å². The number of hydrogen-bond donors (Lipinski definition) is 3. The Kier molecular flexibility index (Phi) is 5.98. The minimum absolute atomic E-state index is 0.0336. The summed E-state index contributed by atoms with van der Waals surface area (Å²) in [5.41, 5.74) is -0.535. The zero-order chi connectivity index (χ0) is 21.6. The highest BCUT2D eigenvalue weighted by atomic mass is 35.5. The lowest BCUT2D eigenvalue weighted by atomic mass is 9.83. The van der Waals surface area contributed by atoms with E-state index in [2.05, 4.69) is 0 Å². The topological polar surface area (TPSA) is 94.8 Å². The van der Waals surface area contributed by atoms with Gasteiger partial charge in [-0.3, -0.25) is 4.55 Å². The number of benzene rings is 3. The van der Waals surface area contributed by atoms with Crippen LogP contribution in [0.2, 0.25) is 20.1 Å². The molecular weight excluding hydrogens is 482 g/mol. The summed E-state index contributed by atoms with van der Waals surface area (Å²) in [6, 6.07) is 12.0. The van der Waals surface area contributed by atoms with Crippen molar-refractivity contribution >= 4 is 56.5 Å². The molecule has 1 unspecified atom stereocenters. The molecule has 3 aromatic rings. The Morgan fingerprint density at radius 1 is 0.724 bits per heavy atom. The van der Waals surface area contributed by atoms with Crippen LogP contribution in [0.3, 0.4) is 0 Å². The summed E-state index contributed by atoms with van der Waals surface area (Å²) in [6.45, 7) is 0. The summed E-state index contributed by atoms with van der Waals surface area (Å²) < 4.78 is 33.9. The fraction of sp³-hybridized carbons (Fsp3) is 0.0526. The number of phenols is 2. The highest BCUT2D eigenvalue weighted by Gasteiger charge is 2.51. The molecule has 0 saturated carbocycles. The minimum atomic E-state index is -5.09. The van der Waals surface area contributed by atoms with Gasteiger partial charge < -0.3 is 10.2 Å². The number of rotatable bonds is 4. The molecular formula is C19H12Cl4O5S. The summed E-state index contributed by atoms with van der Waals surface area (Å²) in [7, 11) is -5.09. The van der Waals surface area contributed by atoms with Gasteiger partial charge in [0.15, 0.2) is 16.2 Å². The van der Waals surface area contributed by atoms with Gasteiger partial charge in [0.25, 0.3) is 10.1 Å². The molecule has 5 nitrogen and oxygen atoms in total. The largest absolute Gasteiger partial charge is 0.504 e. The standard InChI is InChI=1S/C19H12Cl4O5S/c20-11-3-1-2-10(8-11)19(29(26,27)28,13-5-4-12(21)9-16(13)23)14-6-7-15(22)18(25)17(14)24/h1-9,24-25H,(H,26,27,28). The van der Waals surface area contributed by atoms with Gasteiger partial charge in [0.1, 0.15) is 0 Å². The zero-order valence-corrected chi connectivity index (χ0v) is 18.1. The van der Waals surface area contributed by atoms with Crippen LogP contribution in [0.25, 0.3) is 0 Å². The van der Waals surface area contributed by atoms with Crippen molar-refractivity contribution in [2.75, 3.05) is 0 Å². The summed E-state index contributed by atoms with van der Waals surface area (Å²) in [5, 5.41) is 20.8. The van der Waals surface area contributed by atoms with Gasteiger partial charge in [-0.05, 0) is 35.9 Å².